The molecule has 0 rings (SSSR count). The Kier molecular flexibility index (Phi) is 41.3. The summed E-state index contributed by atoms with van der Waals surface area (Å²) in [5, 5.41) is 0. The number of rotatable bonds is 44. The summed E-state index contributed by atoms with van der Waals surface area (Å²) in [6.07, 6.45) is 40.9. The van der Waals surface area contributed by atoms with Gasteiger partial charge in [-0.3, -0.25) is 14.4 Å². The predicted molar refractivity (Wildman–Crippen MR) is 243 cm³/mol. The summed E-state index contributed by atoms with van der Waals surface area (Å²) in [5.41, 5.74) is 0. The SMILES string of the molecule is CCC(C)CCCCCCCCC(=O)O[C@@H](COC(=O)CCCCCCCCCCCCCCC(C)C)COC(=O)CCCCCCCCCCCCCC(C)C. The van der Waals surface area contributed by atoms with E-state index in [-0.39, 0.29) is 31.1 Å². The quantitative estimate of drug-likeness (QED) is 0.0347. The van der Waals surface area contributed by atoms with Gasteiger partial charge in [0.1, 0.15) is 13.2 Å². The molecule has 0 saturated carbocycles. The van der Waals surface area contributed by atoms with E-state index in [4.69, 9.17) is 14.2 Å². The first kappa shape index (κ1) is 55.4. The van der Waals surface area contributed by atoms with Crippen molar-refractivity contribution >= 4 is 17.9 Å². The molecule has 0 heterocycles. The minimum absolute atomic E-state index is 0.0658. The summed E-state index contributed by atoms with van der Waals surface area (Å²) < 4.78 is 16.8. The molecule has 0 radical (unpaired) electrons. The zero-order chi connectivity index (χ0) is 42.0. The second kappa shape index (κ2) is 42.5. The van der Waals surface area contributed by atoms with Crippen molar-refractivity contribution in [2.75, 3.05) is 13.2 Å². The molecule has 6 heteroatoms. The van der Waals surface area contributed by atoms with Gasteiger partial charge >= 0.3 is 17.9 Å². The van der Waals surface area contributed by atoms with E-state index in [0.717, 1.165) is 75.5 Å². The largest absolute Gasteiger partial charge is 0.462 e. The summed E-state index contributed by atoms with van der Waals surface area (Å²) in [6.45, 7) is 13.7. The molecule has 0 saturated heterocycles. The Morgan fingerprint density at radius 3 is 0.912 bits per heavy atom. The molecule has 0 aromatic heterocycles. The molecule has 0 amide bonds. The lowest BCUT2D eigenvalue weighted by Crippen LogP contribution is -2.30. The van der Waals surface area contributed by atoms with E-state index in [9.17, 15) is 14.4 Å². The summed E-state index contributed by atoms with van der Waals surface area (Å²) in [7, 11) is 0. The first-order valence-electron chi connectivity index (χ1n) is 25.1. The molecule has 338 valence electrons. The third-order valence-electron chi connectivity index (χ3n) is 11.8. The van der Waals surface area contributed by atoms with Crippen LogP contribution >= 0.6 is 0 Å². The molecule has 1 unspecified atom stereocenters. The number of carbonyl (C=O) groups is 3. The first-order chi connectivity index (χ1) is 27.6. The van der Waals surface area contributed by atoms with Gasteiger partial charge in [-0.15, -0.1) is 0 Å². The maximum Gasteiger partial charge on any atom is 0.306 e. The standard InChI is InChI=1S/C51H98O6/c1-7-47(6)39-33-27-23-24-30-36-42-51(54)57-48(44-56-50(53)41-35-29-22-18-14-10-12-16-20-26-32-38-46(4)5)43-55-49(52)40-34-28-21-17-13-9-8-11-15-19-25-31-37-45(2)3/h45-48H,7-44H2,1-6H3/t47?,48-/m0/s1. The highest BCUT2D eigenvalue weighted by molar-refractivity contribution is 5.71. The maximum atomic E-state index is 12.7. The average molecular weight is 807 g/mol. The van der Waals surface area contributed by atoms with Crippen LogP contribution in [0.1, 0.15) is 273 Å². The third kappa shape index (κ3) is 43.8. The fourth-order valence-corrected chi connectivity index (χ4v) is 7.55. The van der Waals surface area contributed by atoms with Crippen LogP contribution in [-0.2, 0) is 28.6 Å². The van der Waals surface area contributed by atoms with E-state index in [1.165, 1.54) is 154 Å². The Morgan fingerprint density at radius 2 is 0.614 bits per heavy atom. The fourth-order valence-electron chi connectivity index (χ4n) is 7.55. The number of carbonyl (C=O) groups excluding carboxylic acids is 3. The smallest absolute Gasteiger partial charge is 0.306 e. The topological polar surface area (TPSA) is 78.9 Å². The van der Waals surface area contributed by atoms with Gasteiger partial charge in [-0.1, -0.05) is 234 Å². The van der Waals surface area contributed by atoms with Gasteiger partial charge in [0.15, 0.2) is 6.10 Å². The number of unbranched alkanes of at least 4 members (excludes halogenated alkanes) is 26. The first-order valence-corrected chi connectivity index (χ1v) is 25.1. The molecular weight excluding hydrogens is 709 g/mol. The van der Waals surface area contributed by atoms with E-state index >= 15 is 0 Å². The highest BCUT2D eigenvalue weighted by atomic mass is 16.6. The van der Waals surface area contributed by atoms with Gasteiger partial charge in [0, 0.05) is 19.3 Å². The average Bonchev–Trinajstić information content (AvgIpc) is 3.18. The van der Waals surface area contributed by atoms with E-state index in [2.05, 4.69) is 41.5 Å². The van der Waals surface area contributed by atoms with Crippen LogP contribution in [0.25, 0.3) is 0 Å². The lowest BCUT2D eigenvalue weighted by atomic mass is 10.00. The Bertz CT molecular complexity index is 885. The highest BCUT2D eigenvalue weighted by Gasteiger charge is 2.19. The summed E-state index contributed by atoms with van der Waals surface area (Å²) in [5.74, 6) is 1.61. The number of hydrogen-bond acceptors (Lipinski definition) is 6. The molecular formula is C51H98O6. The van der Waals surface area contributed by atoms with E-state index in [1.807, 2.05) is 0 Å². The lowest BCUT2D eigenvalue weighted by molar-refractivity contribution is -0.167. The molecule has 0 fully saturated rings. The minimum Gasteiger partial charge on any atom is -0.462 e. The Balaban J connectivity index is 4.30. The van der Waals surface area contributed by atoms with Crippen LogP contribution in [0.15, 0.2) is 0 Å². The van der Waals surface area contributed by atoms with Crippen molar-refractivity contribution in [3.63, 3.8) is 0 Å². The van der Waals surface area contributed by atoms with Crippen molar-refractivity contribution in [2.45, 2.75) is 279 Å². The molecule has 0 aliphatic rings. The lowest BCUT2D eigenvalue weighted by Gasteiger charge is -2.18. The second-order valence-corrected chi connectivity index (χ2v) is 18.6. The van der Waals surface area contributed by atoms with Crippen molar-refractivity contribution in [1.29, 1.82) is 0 Å². The van der Waals surface area contributed by atoms with Crippen LogP contribution < -0.4 is 0 Å². The van der Waals surface area contributed by atoms with E-state index in [0.29, 0.717) is 19.3 Å². The third-order valence-corrected chi connectivity index (χ3v) is 11.8. The molecule has 0 aliphatic carbocycles. The fraction of sp³-hybridized carbons (Fsp3) is 0.941. The summed E-state index contributed by atoms with van der Waals surface area (Å²) in [4.78, 5) is 37.9. The monoisotopic (exact) mass is 807 g/mol. The molecule has 57 heavy (non-hydrogen) atoms. The highest BCUT2D eigenvalue weighted by Crippen LogP contribution is 2.18. The minimum atomic E-state index is -0.763. The number of ether oxygens (including phenoxy) is 3. The zero-order valence-electron chi connectivity index (χ0n) is 39.1. The Morgan fingerprint density at radius 1 is 0.351 bits per heavy atom. The van der Waals surface area contributed by atoms with Crippen molar-refractivity contribution in [3.05, 3.63) is 0 Å². The van der Waals surface area contributed by atoms with Crippen LogP contribution in [-0.4, -0.2) is 37.2 Å². The predicted octanol–water partition coefficient (Wildman–Crippen LogP) is 16.0. The molecule has 2 atom stereocenters. The van der Waals surface area contributed by atoms with Crippen LogP contribution in [0.3, 0.4) is 0 Å². The van der Waals surface area contributed by atoms with Crippen LogP contribution in [0.2, 0.25) is 0 Å². The molecule has 0 N–H and O–H groups in total. The molecule has 0 spiro atoms. The van der Waals surface area contributed by atoms with Gasteiger partial charge in [-0.25, -0.2) is 0 Å². The van der Waals surface area contributed by atoms with E-state index < -0.39 is 6.10 Å². The molecule has 0 aromatic rings. The summed E-state index contributed by atoms with van der Waals surface area (Å²) >= 11 is 0. The van der Waals surface area contributed by atoms with E-state index in [1.54, 1.807) is 0 Å². The van der Waals surface area contributed by atoms with Gasteiger partial charge in [0.25, 0.3) is 0 Å². The van der Waals surface area contributed by atoms with Crippen LogP contribution in [0.5, 0.6) is 0 Å². The normalized spacial score (nSPS) is 12.6. The van der Waals surface area contributed by atoms with Crippen molar-refractivity contribution in [3.8, 4) is 0 Å². The van der Waals surface area contributed by atoms with Crippen LogP contribution in [0.4, 0.5) is 0 Å². The Labute approximate surface area is 355 Å². The Hall–Kier alpha value is -1.59. The maximum absolute atomic E-state index is 12.7. The van der Waals surface area contributed by atoms with Crippen LogP contribution in [0, 0.1) is 17.8 Å². The van der Waals surface area contributed by atoms with Gasteiger partial charge in [0.05, 0.1) is 0 Å². The number of esters is 3. The molecule has 0 aliphatic heterocycles. The summed E-state index contributed by atoms with van der Waals surface area (Å²) in [6, 6.07) is 0. The number of hydrogen-bond donors (Lipinski definition) is 0. The zero-order valence-corrected chi connectivity index (χ0v) is 39.1. The van der Waals surface area contributed by atoms with Gasteiger partial charge in [-0.2, -0.15) is 0 Å². The van der Waals surface area contributed by atoms with Crippen molar-refractivity contribution < 1.29 is 28.6 Å². The molecule has 0 aromatic carbocycles. The van der Waals surface area contributed by atoms with Gasteiger partial charge < -0.3 is 14.2 Å². The second-order valence-electron chi connectivity index (χ2n) is 18.6. The molecule has 6 nitrogen and oxygen atoms in total. The van der Waals surface area contributed by atoms with Gasteiger partial charge in [-0.05, 0) is 37.0 Å². The van der Waals surface area contributed by atoms with Gasteiger partial charge in [0.2, 0.25) is 0 Å². The van der Waals surface area contributed by atoms with Crippen molar-refractivity contribution in [2.24, 2.45) is 17.8 Å². The van der Waals surface area contributed by atoms with Crippen molar-refractivity contribution in [1.82, 2.24) is 0 Å². The molecule has 0 bridgehead atoms.